The van der Waals surface area contributed by atoms with Gasteiger partial charge >= 0.3 is 5.97 Å². The molecule has 0 aromatic rings. The predicted octanol–water partition coefficient (Wildman–Crippen LogP) is 1.12. The maximum absolute atomic E-state index is 11.0. The molecule has 2 unspecified atom stereocenters. The van der Waals surface area contributed by atoms with Gasteiger partial charge in [0.05, 0.1) is 5.92 Å². The maximum atomic E-state index is 11.0. The topological polar surface area (TPSA) is 43.8 Å². The van der Waals surface area contributed by atoms with Gasteiger partial charge in [0.25, 0.3) is 0 Å². The average Bonchev–Trinajstić information content (AvgIpc) is 2.19. The van der Waals surface area contributed by atoms with Crippen molar-refractivity contribution in [2.24, 2.45) is 5.92 Å². The summed E-state index contributed by atoms with van der Waals surface area (Å²) in [5.41, 5.74) is 0.130. The van der Waals surface area contributed by atoms with Crippen molar-refractivity contribution in [2.75, 3.05) is 26.7 Å². The Morgan fingerprint density at radius 1 is 1.31 bits per heavy atom. The van der Waals surface area contributed by atoms with Crippen LogP contribution in [0.3, 0.4) is 0 Å². The van der Waals surface area contributed by atoms with Crippen molar-refractivity contribution in [3.05, 3.63) is 0 Å². The predicted molar refractivity (Wildman–Crippen MR) is 64.5 cm³/mol. The van der Waals surface area contributed by atoms with Gasteiger partial charge < -0.3 is 5.11 Å². The van der Waals surface area contributed by atoms with Crippen molar-refractivity contribution in [1.82, 2.24) is 9.80 Å². The van der Waals surface area contributed by atoms with E-state index in [-0.39, 0.29) is 17.5 Å². The van der Waals surface area contributed by atoms with E-state index in [0.29, 0.717) is 0 Å². The van der Waals surface area contributed by atoms with Crippen LogP contribution in [0.25, 0.3) is 0 Å². The first-order chi connectivity index (χ1) is 7.25. The van der Waals surface area contributed by atoms with Crippen LogP contribution >= 0.6 is 0 Å². The minimum atomic E-state index is -0.704. The summed E-state index contributed by atoms with van der Waals surface area (Å²) in [5.74, 6) is -1.01. The number of likely N-dealkylation sites (N-methyl/N-ethyl adjacent to an activating group) is 1. The molecule has 0 aromatic carbocycles. The molecule has 0 aliphatic carbocycles. The summed E-state index contributed by atoms with van der Waals surface area (Å²) in [6.07, 6.45) is 0. The van der Waals surface area contributed by atoms with E-state index in [1.807, 2.05) is 6.92 Å². The molecule has 94 valence electrons. The van der Waals surface area contributed by atoms with E-state index in [0.717, 1.165) is 19.6 Å². The first-order valence-corrected chi connectivity index (χ1v) is 5.94. The van der Waals surface area contributed by atoms with Gasteiger partial charge in [-0.05, 0) is 27.8 Å². The number of aliphatic carboxylic acids is 1. The van der Waals surface area contributed by atoms with Crippen LogP contribution in [0.15, 0.2) is 0 Å². The third-order valence-corrected chi connectivity index (χ3v) is 4.04. The Kier molecular flexibility index (Phi) is 3.97. The minimum Gasteiger partial charge on any atom is -0.481 e. The van der Waals surface area contributed by atoms with Crippen molar-refractivity contribution >= 4 is 5.97 Å². The minimum absolute atomic E-state index is 0.102. The number of carboxylic acid groups (broad SMARTS) is 1. The van der Waals surface area contributed by atoms with E-state index in [2.05, 4.69) is 30.7 Å². The van der Waals surface area contributed by atoms with E-state index in [1.165, 1.54) is 0 Å². The normalized spacial score (nSPS) is 26.3. The summed E-state index contributed by atoms with van der Waals surface area (Å²) in [5, 5.41) is 9.03. The Bertz CT molecular complexity index is 266. The van der Waals surface area contributed by atoms with Crippen LogP contribution in [0.2, 0.25) is 0 Å². The molecule has 1 N–H and O–H groups in total. The van der Waals surface area contributed by atoms with Crippen molar-refractivity contribution in [1.29, 1.82) is 0 Å². The van der Waals surface area contributed by atoms with Crippen LogP contribution in [-0.4, -0.2) is 59.1 Å². The van der Waals surface area contributed by atoms with Crippen molar-refractivity contribution in [3.63, 3.8) is 0 Å². The highest BCUT2D eigenvalue weighted by Gasteiger charge is 2.35. The molecule has 0 spiro atoms. The van der Waals surface area contributed by atoms with Gasteiger partial charge in [0.1, 0.15) is 0 Å². The SMILES string of the molecule is CC(C(=O)O)C(C)N1CCN(C)C(C)(C)C1. The fourth-order valence-electron chi connectivity index (χ4n) is 2.15. The van der Waals surface area contributed by atoms with Crippen molar-refractivity contribution < 1.29 is 9.90 Å². The van der Waals surface area contributed by atoms with E-state index < -0.39 is 5.97 Å². The summed E-state index contributed by atoms with van der Waals surface area (Å²) in [6, 6.07) is 0.102. The summed E-state index contributed by atoms with van der Waals surface area (Å²) < 4.78 is 0. The molecule has 0 aromatic heterocycles. The van der Waals surface area contributed by atoms with Crippen LogP contribution in [0.1, 0.15) is 27.7 Å². The highest BCUT2D eigenvalue weighted by Crippen LogP contribution is 2.22. The molecule has 0 radical (unpaired) electrons. The number of carboxylic acids is 1. The van der Waals surface area contributed by atoms with E-state index in [9.17, 15) is 4.79 Å². The van der Waals surface area contributed by atoms with Crippen LogP contribution in [0.4, 0.5) is 0 Å². The average molecular weight is 228 g/mol. The van der Waals surface area contributed by atoms with Crippen LogP contribution in [0.5, 0.6) is 0 Å². The molecule has 1 aliphatic heterocycles. The molecule has 1 rings (SSSR count). The Hall–Kier alpha value is -0.610. The van der Waals surface area contributed by atoms with Gasteiger partial charge in [-0.3, -0.25) is 14.6 Å². The number of piperazine rings is 1. The van der Waals surface area contributed by atoms with E-state index in [1.54, 1.807) is 6.92 Å². The number of rotatable bonds is 3. The quantitative estimate of drug-likeness (QED) is 0.786. The van der Waals surface area contributed by atoms with Gasteiger partial charge in [-0.1, -0.05) is 6.92 Å². The van der Waals surface area contributed by atoms with E-state index in [4.69, 9.17) is 5.11 Å². The second-order valence-corrected chi connectivity index (χ2v) is 5.57. The van der Waals surface area contributed by atoms with Crippen molar-refractivity contribution in [3.8, 4) is 0 Å². The summed E-state index contributed by atoms with van der Waals surface area (Å²) >= 11 is 0. The lowest BCUT2D eigenvalue weighted by molar-refractivity contribution is -0.144. The Morgan fingerprint density at radius 2 is 1.88 bits per heavy atom. The summed E-state index contributed by atoms with van der Waals surface area (Å²) in [7, 11) is 2.13. The molecule has 4 heteroatoms. The lowest BCUT2D eigenvalue weighted by Gasteiger charge is -2.48. The van der Waals surface area contributed by atoms with Gasteiger partial charge in [-0.2, -0.15) is 0 Å². The zero-order valence-electron chi connectivity index (χ0n) is 11.0. The molecule has 0 saturated carbocycles. The van der Waals surface area contributed by atoms with Gasteiger partial charge in [-0.25, -0.2) is 0 Å². The Morgan fingerprint density at radius 3 is 2.31 bits per heavy atom. The largest absolute Gasteiger partial charge is 0.481 e. The van der Waals surface area contributed by atoms with Gasteiger partial charge in [0.2, 0.25) is 0 Å². The number of hydrogen-bond acceptors (Lipinski definition) is 3. The van der Waals surface area contributed by atoms with Gasteiger partial charge in [-0.15, -0.1) is 0 Å². The van der Waals surface area contributed by atoms with E-state index >= 15 is 0 Å². The van der Waals surface area contributed by atoms with Crippen LogP contribution in [0, 0.1) is 5.92 Å². The molecule has 1 heterocycles. The fourth-order valence-corrected chi connectivity index (χ4v) is 2.15. The van der Waals surface area contributed by atoms with Crippen LogP contribution < -0.4 is 0 Å². The molecule has 0 bridgehead atoms. The molecule has 4 nitrogen and oxygen atoms in total. The standard InChI is InChI=1S/C12H24N2O2/c1-9(11(15)16)10(2)14-7-6-13(5)12(3,4)8-14/h9-10H,6-8H2,1-5H3,(H,15,16). The number of hydrogen-bond donors (Lipinski definition) is 1. The molecular formula is C12H24N2O2. The smallest absolute Gasteiger partial charge is 0.307 e. The summed E-state index contributed by atoms with van der Waals surface area (Å²) in [4.78, 5) is 15.6. The zero-order valence-corrected chi connectivity index (χ0v) is 11.0. The molecule has 2 atom stereocenters. The lowest BCUT2D eigenvalue weighted by atomic mass is 9.95. The first kappa shape index (κ1) is 13.5. The highest BCUT2D eigenvalue weighted by molar-refractivity contribution is 5.70. The van der Waals surface area contributed by atoms with Gasteiger partial charge in [0.15, 0.2) is 0 Å². The summed E-state index contributed by atoms with van der Waals surface area (Å²) in [6.45, 7) is 11.1. The molecular weight excluding hydrogens is 204 g/mol. The van der Waals surface area contributed by atoms with Gasteiger partial charge in [0, 0.05) is 31.2 Å². The first-order valence-electron chi connectivity index (χ1n) is 5.94. The fraction of sp³-hybridized carbons (Fsp3) is 0.917. The van der Waals surface area contributed by atoms with Crippen LogP contribution in [-0.2, 0) is 4.79 Å². The zero-order chi connectivity index (χ0) is 12.5. The molecule has 1 fully saturated rings. The molecule has 1 aliphatic rings. The molecule has 16 heavy (non-hydrogen) atoms. The second-order valence-electron chi connectivity index (χ2n) is 5.57. The Labute approximate surface area is 98.2 Å². The molecule has 1 saturated heterocycles. The molecule has 0 amide bonds. The lowest BCUT2D eigenvalue weighted by Crippen LogP contribution is -2.60. The maximum Gasteiger partial charge on any atom is 0.307 e. The second kappa shape index (κ2) is 4.72. The highest BCUT2D eigenvalue weighted by atomic mass is 16.4. The monoisotopic (exact) mass is 228 g/mol. The third kappa shape index (κ3) is 2.74. The number of carbonyl (C=O) groups is 1. The third-order valence-electron chi connectivity index (χ3n) is 4.04. The Balaban J connectivity index is 2.66. The van der Waals surface area contributed by atoms with Crippen molar-refractivity contribution in [2.45, 2.75) is 39.3 Å². The number of nitrogens with zero attached hydrogens (tertiary/aromatic N) is 2.